The molecule has 0 unspecified atom stereocenters. The molecule has 1 aromatic heterocycles. The minimum atomic E-state index is 0.714. The molecule has 0 amide bonds. The molecule has 0 atom stereocenters. The van der Waals surface area contributed by atoms with Gasteiger partial charge in [0.25, 0.3) is 0 Å². The van der Waals surface area contributed by atoms with Crippen LogP contribution in [0.25, 0.3) is 5.69 Å². The highest BCUT2D eigenvalue weighted by molar-refractivity contribution is 6.30. The van der Waals surface area contributed by atoms with Gasteiger partial charge in [0.05, 0.1) is 18.1 Å². The van der Waals surface area contributed by atoms with E-state index < -0.39 is 0 Å². The maximum absolute atomic E-state index is 5.72. The van der Waals surface area contributed by atoms with Crippen LogP contribution in [-0.4, -0.2) is 15.0 Å². The third-order valence-corrected chi connectivity index (χ3v) is 1.73. The molecule has 0 bridgehead atoms. The molecular weight excluding hydrogens is 222 g/mol. The molecule has 0 aliphatic rings. The van der Waals surface area contributed by atoms with Crippen molar-refractivity contribution in [2.75, 3.05) is 0 Å². The molecule has 0 saturated carbocycles. The predicted molar refractivity (Wildman–Crippen MR) is 69.1 cm³/mol. The summed E-state index contributed by atoms with van der Waals surface area (Å²) in [6.07, 6.45) is 3.27. The molecule has 0 spiro atoms. The smallest absolute Gasteiger partial charge is 0.0857 e. The lowest BCUT2D eigenvalue weighted by molar-refractivity contribution is 0.752. The van der Waals surface area contributed by atoms with Gasteiger partial charge in [-0.2, -0.15) is 15.0 Å². The zero-order chi connectivity index (χ0) is 12.4. The van der Waals surface area contributed by atoms with Gasteiger partial charge < -0.3 is 0 Å². The molecule has 0 radical (unpaired) electrons. The van der Waals surface area contributed by atoms with E-state index in [1.807, 2.05) is 39.8 Å². The Labute approximate surface area is 102 Å². The number of rotatable bonds is 1. The van der Waals surface area contributed by atoms with Gasteiger partial charge in [-0.15, -0.1) is 0 Å². The summed E-state index contributed by atoms with van der Waals surface area (Å²) in [5, 5.41) is 8.67. The van der Waals surface area contributed by atoms with Crippen LogP contribution < -0.4 is 0 Å². The molecule has 4 heteroatoms. The molecule has 0 N–H and O–H groups in total. The summed E-state index contributed by atoms with van der Waals surface area (Å²) in [6.45, 7) is 8.00. The van der Waals surface area contributed by atoms with Gasteiger partial charge in [-0.1, -0.05) is 39.3 Å². The van der Waals surface area contributed by atoms with E-state index in [0.29, 0.717) is 5.02 Å². The number of hydrogen-bond acceptors (Lipinski definition) is 2. The number of nitrogens with zero attached hydrogens (tertiary/aromatic N) is 3. The first-order valence-electron chi connectivity index (χ1n) is 5.48. The Morgan fingerprint density at radius 1 is 0.875 bits per heavy atom. The number of halogens is 1. The van der Waals surface area contributed by atoms with Crippen molar-refractivity contribution in [2.45, 2.75) is 27.7 Å². The molecule has 0 aliphatic carbocycles. The minimum absolute atomic E-state index is 0.714. The highest BCUT2D eigenvalue weighted by Gasteiger charge is 1.95. The Kier molecular flexibility index (Phi) is 8.17. The first-order chi connectivity index (χ1) is 7.86. The summed E-state index contributed by atoms with van der Waals surface area (Å²) < 4.78 is 0. The van der Waals surface area contributed by atoms with Crippen LogP contribution in [0.3, 0.4) is 0 Å². The molecule has 0 saturated heterocycles. The maximum atomic E-state index is 5.72. The van der Waals surface area contributed by atoms with Crippen molar-refractivity contribution in [1.82, 2.24) is 15.0 Å². The second kappa shape index (κ2) is 8.92. The zero-order valence-corrected chi connectivity index (χ0v) is 10.9. The van der Waals surface area contributed by atoms with Gasteiger partial charge in [0.15, 0.2) is 0 Å². The van der Waals surface area contributed by atoms with Gasteiger partial charge in [-0.25, -0.2) is 0 Å². The van der Waals surface area contributed by atoms with E-state index in [-0.39, 0.29) is 0 Å². The van der Waals surface area contributed by atoms with E-state index in [0.717, 1.165) is 5.69 Å². The van der Waals surface area contributed by atoms with E-state index in [4.69, 9.17) is 11.6 Å². The van der Waals surface area contributed by atoms with Gasteiger partial charge in [0.2, 0.25) is 0 Å². The summed E-state index contributed by atoms with van der Waals surface area (Å²) in [7, 11) is 0. The van der Waals surface area contributed by atoms with Crippen LogP contribution in [0.4, 0.5) is 0 Å². The summed E-state index contributed by atoms with van der Waals surface area (Å²) in [4.78, 5) is 1.54. The standard InChI is InChI=1S/C8H6ClN3.2C2H6/c9-7-1-3-8(4-2-7)12-10-5-6-11-12;2*1-2/h1-6H;2*1-2H3. The second-order valence-electron chi connectivity index (χ2n) is 2.29. The molecule has 3 nitrogen and oxygen atoms in total. The summed E-state index contributed by atoms with van der Waals surface area (Å²) in [6, 6.07) is 7.34. The summed E-state index contributed by atoms with van der Waals surface area (Å²) in [5.74, 6) is 0. The molecular formula is C12H18ClN3. The van der Waals surface area contributed by atoms with Gasteiger partial charge in [-0.05, 0) is 24.3 Å². The lowest BCUT2D eigenvalue weighted by Crippen LogP contribution is -1.97. The Morgan fingerprint density at radius 3 is 1.75 bits per heavy atom. The Balaban J connectivity index is 0.000000509. The van der Waals surface area contributed by atoms with Crippen LogP contribution in [0.5, 0.6) is 0 Å². The van der Waals surface area contributed by atoms with Gasteiger partial charge >= 0.3 is 0 Å². The van der Waals surface area contributed by atoms with Crippen LogP contribution >= 0.6 is 11.6 Å². The SMILES string of the molecule is CC.CC.Clc1ccc(-n2nccn2)cc1. The molecule has 0 aliphatic heterocycles. The highest BCUT2D eigenvalue weighted by Crippen LogP contribution is 2.10. The quantitative estimate of drug-likeness (QED) is 0.754. The van der Waals surface area contributed by atoms with E-state index in [1.54, 1.807) is 24.5 Å². The topological polar surface area (TPSA) is 30.7 Å². The number of hydrogen-bond donors (Lipinski definition) is 0. The summed E-state index contributed by atoms with van der Waals surface area (Å²) in [5.41, 5.74) is 0.907. The average Bonchev–Trinajstić information content (AvgIpc) is 2.89. The minimum Gasteiger partial charge on any atom is -0.157 e. The van der Waals surface area contributed by atoms with Crippen LogP contribution in [-0.2, 0) is 0 Å². The van der Waals surface area contributed by atoms with Gasteiger partial charge in [-0.3, -0.25) is 0 Å². The predicted octanol–water partition coefficient (Wildman–Crippen LogP) is 3.97. The molecule has 1 aromatic carbocycles. The zero-order valence-electron chi connectivity index (χ0n) is 10.2. The number of aromatic nitrogens is 3. The third kappa shape index (κ3) is 4.45. The van der Waals surface area contributed by atoms with Crippen molar-refractivity contribution < 1.29 is 0 Å². The van der Waals surface area contributed by atoms with E-state index in [2.05, 4.69) is 10.2 Å². The van der Waals surface area contributed by atoms with E-state index in [1.165, 1.54) is 4.80 Å². The fourth-order valence-electron chi connectivity index (χ4n) is 0.923. The van der Waals surface area contributed by atoms with Crippen LogP contribution in [0.15, 0.2) is 36.7 Å². The second-order valence-corrected chi connectivity index (χ2v) is 2.73. The first-order valence-corrected chi connectivity index (χ1v) is 5.86. The highest BCUT2D eigenvalue weighted by atomic mass is 35.5. The molecule has 0 fully saturated rings. The number of benzene rings is 1. The van der Waals surface area contributed by atoms with Crippen molar-refractivity contribution in [3.8, 4) is 5.69 Å². The van der Waals surface area contributed by atoms with Gasteiger partial charge in [0.1, 0.15) is 0 Å². The normalized spacial score (nSPS) is 8.31. The molecule has 2 rings (SSSR count). The molecule has 2 aromatic rings. The van der Waals surface area contributed by atoms with Gasteiger partial charge in [0, 0.05) is 5.02 Å². The van der Waals surface area contributed by atoms with E-state index in [9.17, 15) is 0 Å². The van der Waals surface area contributed by atoms with Crippen molar-refractivity contribution in [3.63, 3.8) is 0 Å². The fourth-order valence-corrected chi connectivity index (χ4v) is 1.05. The summed E-state index contributed by atoms with van der Waals surface area (Å²) >= 11 is 5.72. The Bertz CT molecular complexity index is 354. The largest absolute Gasteiger partial charge is 0.157 e. The van der Waals surface area contributed by atoms with Crippen molar-refractivity contribution in [3.05, 3.63) is 41.7 Å². The van der Waals surface area contributed by atoms with E-state index >= 15 is 0 Å². The Morgan fingerprint density at radius 2 is 1.31 bits per heavy atom. The van der Waals surface area contributed by atoms with Crippen LogP contribution in [0.2, 0.25) is 5.02 Å². The molecule has 16 heavy (non-hydrogen) atoms. The van der Waals surface area contributed by atoms with Crippen LogP contribution in [0.1, 0.15) is 27.7 Å². The maximum Gasteiger partial charge on any atom is 0.0857 e. The van der Waals surface area contributed by atoms with Crippen molar-refractivity contribution in [2.24, 2.45) is 0 Å². The van der Waals surface area contributed by atoms with Crippen molar-refractivity contribution in [1.29, 1.82) is 0 Å². The third-order valence-electron chi connectivity index (χ3n) is 1.48. The fraction of sp³-hybridized carbons (Fsp3) is 0.333. The lowest BCUT2D eigenvalue weighted by atomic mass is 10.3. The monoisotopic (exact) mass is 239 g/mol. The molecule has 88 valence electrons. The average molecular weight is 240 g/mol. The Hall–Kier alpha value is -1.35. The molecule has 1 heterocycles. The van der Waals surface area contributed by atoms with Crippen LogP contribution in [0, 0.1) is 0 Å². The first kappa shape index (κ1) is 14.6. The lowest BCUT2D eigenvalue weighted by Gasteiger charge is -1.97. The van der Waals surface area contributed by atoms with Crippen molar-refractivity contribution >= 4 is 11.6 Å².